The molecule has 1 aliphatic heterocycles. The zero-order chi connectivity index (χ0) is 21.2. The summed E-state index contributed by atoms with van der Waals surface area (Å²) in [5, 5.41) is 18.1. The summed E-state index contributed by atoms with van der Waals surface area (Å²) < 4.78 is 7.01. The predicted octanol–water partition coefficient (Wildman–Crippen LogP) is 3.54. The van der Waals surface area contributed by atoms with Crippen molar-refractivity contribution in [1.82, 2.24) is 14.7 Å². The highest BCUT2D eigenvalue weighted by Gasteiger charge is 2.31. The van der Waals surface area contributed by atoms with Crippen LogP contribution in [0.25, 0.3) is 0 Å². The van der Waals surface area contributed by atoms with E-state index in [1.54, 1.807) is 40.9 Å². The molecule has 3 rings (SSSR count). The Morgan fingerprint density at radius 1 is 1.28 bits per heavy atom. The van der Waals surface area contributed by atoms with Gasteiger partial charge in [-0.15, -0.1) is 0 Å². The van der Waals surface area contributed by atoms with Crippen LogP contribution in [-0.4, -0.2) is 38.8 Å². The minimum Gasteiger partial charge on any atom is -0.444 e. The summed E-state index contributed by atoms with van der Waals surface area (Å²) >= 11 is 1.06. The van der Waals surface area contributed by atoms with Crippen molar-refractivity contribution in [3.63, 3.8) is 0 Å². The molecule has 0 radical (unpaired) electrons. The molecule has 0 fully saturated rings. The van der Waals surface area contributed by atoms with Crippen molar-refractivity contribution in [2.24, 2.45) is 7.05 Å². The number of thiocyanates is 1. The van der Waals surface area contributed by atoms with Gasteiger partial charge in [0.05, 0.1) is 12.2 Å². The number of nitrogens with zero attached hydrogens (tertiary/aromatic N) is 4. The number of aryl methyl sites for hydroxylation is 1. The van der Waals surface area contributed by atoms with E-state index in [0.717, 1.165) is 27.9 Å². The fourth-order valence-electron chi connectivity index (χ4n) is 3.12. The van der Waals surface area contributed by atoms with Gasteiger partial charge in [-0.3, -0.25) is 9.48 Å². The number of carbonyl (C=O) groups is 2. The van der Waals surface area contributed by atoms with Crippen molar-refractivity contribution >= 4 is 29.4 Å². The number of anilines is 1. The molecule has 0 spiro atoms. The van der Waals surface area contributed by atoms with Gasteiger partial charge in [0, 0.05) is 36.2 Å². The molecule has 0 aliphatic carbocycles. The summed E-state index contributed by atoms with van der Waals surface area (Å²) in [6.45, 7) is 6.24. The highest BCUT2D eigenvalue weighted by Crippen LogP contribution is 2.25. The molecular weight excluding hydrogens is 390 g/mol. The fraction of sp³-hybridized carbons (Fsp3) is 0.400. The second-order valence-corrected chi connectivity index (χ2v) is 8.58. The Hall–Kier alpha value is -2.99. The lowest BCUT2D eigenvalue weighted by molar-refractivity contribution is 0.0222. The van der Waals surface area contributed by atoms with Crippen molar-refractivity contribution in [3.8, 4) is 5.40 Å². The van der Waals surface area contributed by atoms with Gasteiger partial charge in [-0.2, -0.15) is 10.4 Å². The molecule has 29 heavy (non-hydrogen) atoms. The lowest BCUT2D eigenvalue weighted by Gasteiger charge is -2.29. The van der Waals surface area contributed by atoms with E-state index < -0.39 is 11.7 Å². The van der Waals surface area contributed by atoms with Crippen LogP contribution in [0, 0.1) is 10.7 Å². The van der Waals surface area contributed by atoms with E-state index in [-0.39, 0.29) is 12.5 Å². The lowest BCUT2D eigenvalue weighted by Crippen LogP contribution is -2.40. The van der Waals surface area contributed by atoms with Gasteiger partial charge >= 0.3 is 6.09 Å². The molecule has 1 N–H and O–H groups in total. The maximum absolute atomic E-state index is 12.9. The predicted molar refractivity (Wildman–Crippen MR) is 109 cm³/mol. The molecule has 0 saturated carbocycles. The number of thioether (sulfide) groups is 1. The standard InChI is InChI=1S/C20H23N5O3S/c1-20(2,3)28-19(27)25-10-9-16-15(11-25)17(24(4)23-16)18(26)22-13-5-7-14(8-6-13)29-12-21/h5-8H,9-11H2,1-4H3,(H,22,26). The summed E-state index contributed by atoms with van der Waals surface area (Å²) in [6, 6.07) is 7.03. The first kappa shape index (κ1) is 20.7. The van der Waals surface area contributed by atoms with E-state index in [2.05, 4.69) is 10.4 Å². The van der Waals surface area contributed by atoms with Crippen molar-refractivity contribution in [2.45, 2.75) is 44.2 Å². The van der Waals surface area contributed by atoms with Crippen LogP contribution in [0.4, 0.5) is 10.5 Å². The van der Waals surface area contributed by atoms with E-state index in [1.807, 2.05) is 26.2 Å². The molecular formula is C20H23N5O3S. The third-order valence-corrected chi connectivity index (χ3v) is 4.94. The van der Waals surface area contributed by atoms with Crippen LogP contribution in [0.5, 0.6) is 0 Å². The van der Waals surface area contributed by atoms with E-state index >= 15 is 0 Å². The fourth-order valence-corrected chi connectivity index (χ4v) is 3.49. The molecule has 1 aromatic heterocycles. The van der Waals surface area contributed by atoms with Crippen molar-refractivity contribution in [1.29, 1.82) is 5.26 Å². The average Bonchev–Trinajstić information content (AvgIpc) is 2.97. The number of amides is 2. The van der Waals surface area contributed by atoms with Gasteiger partial charge in [-0.25, -0.2) is 4.79 Å². The van der Waals surface area contributed by atoms with Crippen LogP contribution in [0.1, 0.15) is 42.5 Å². The second-order valence-electron chi connectivity index (χ2n) is 7.72. The molecule has 0 unspecified atom stereocenters. The number of fused-ring (bicyclic) bond motifs is 1. The second kappa shape index (κ2) is 8.17. The molecule has 9 heteroatoms. The van der Waals surface area contributed by atoms with Gasteiger partial charge < -0.3 is 15.0 Å². The van der Waals surface area contributed by atoms with Gasteiger partial charge in [0.2, 0.25) is 0 Å². The van der Waals surface area contributed by atoms with Gasteiger partial charge in [0.15, 0.2) is 0 Å². The smallest absolute Gasteiger partial charge is 0.410 e. The van der Waals surface area contributed by atoms with Crippen LogP contribution < -0.4 is 5.32 Å². The minimum absolute atomic E-state index is 0.276. The summed E-state index contributed by atoms with van der Waals surface area (Å²) in [5.74, 6) is -0.298. The van der Waals surface area contributed by atoms with E-state index in [0.29, 0.717) is 24.3 Å². The number of nitrogens with one attached hydrogen (secondary N) is 1. The first-order chi connectivity index (χ1) is 13.7. The first-order valence-corrected chi connectivity index (χ1v) is 9.99. The molecule has 8 nitrogen and oxygen atoms in total. The highest BCUT2D eigenvalue weighted by atomic mass is 32.2. The van der Waals surface area contributed by atoms with Crippen molar-refractivity contribution in [3.05, 3.63) is 41.2 Å². The van der Waals surface area contributed by atoms with Gasteiger partial charge in [0.1, 0.15) is 16.7 Å². The molecule has 2 aromatic rings. The van der Waals surface area contributed by atoms with E-state index in [9.17, 15) is 9.59 Å². The molecule has 0 bridgehead atoms. The number of carbonyl (C=O) groups excluding carboxylic acids is 2. The zero-order valence-electron chi connectivity index (χ0n) is 16.9. The van der Waals surface area contributed by atoms with Crippen LogP contribution in [-0.2, 0) is 24.8 Å². The topological polar surface area (TPSA) is 100 Å². The number of ether oxygens (including phenoxy) is 1. The molecule has 0 atom stereocenters. The van der Waals surface area contributed by atoms with Crippen LogP contribution in [0.3, 0.4) is 0 Å². The molecule has 0 saturated heterocycles. The molecule has 152 valence electrons. The number of aromatic nitrogens is 2. The summed E-state index contributed by atoms with van der Waals surface area (Å²) in [5.41, 5.74) is 2.01. The van der Waals surface area contributed by atoms with E-state index in [1.165, 1.54) is 0 Å². The number of hydrogen-bond donors (Lipinski definition) is 1. The quantitative estimate of drug-likeness (QED) is 0.610. The Morgan fingerprint density at radius 3 is 2.59 bits per heavy atom. The molecule has 2 heterocycles. The number of benzene rings is 1. The average molecular weight is 414 g/mol. The molecule has 1 aliphatic rings. The van der Waals surface area contributed by atoms with Crippen LogP contribution in [0.2, 0.25) is 0 Å². The number of rotatable bonds is 3. The lowest BCUT2D eigenvalue weighted by atomic mass is 10.1. The monoisotopic (exact) mass is 413 g/mol. The SMILES string of the molecule is Cn1nc2c(c1C(=O)Nc1ccc(SC#N)cc1)CN(C(=O)OC(C)(C)C)CC2. The zero-order valence-corrected chi connectivity index (χ0v) is 17.7. The summed E-state index contributed by atoms with van der Waals surface area (Å²) in [4.78, 5) is 27.8. The first-order valence-electron chi connectivity index (χ1n) is 9.18. The van der Waals surface area contributed by atoms with Gasteiger partial charge in [-0.05, 0) is 56.8 Å². The Morgan fingerprint density at radius 2 is 1.97 bits per heavy atom. The normalized spacial score (nSPS) is 13.4. The Bertz CT molecular complexity index is 970. The maximum atomic E-state index is 12.9. The molecule has 2 amide bonds. The largest absolute Gasteiger partial charge is 0.444 e. The maximum Gasteiger partial charge on any atom is 0.410 e. The summed E-state index contributed by atoms with van der Waals surface area (Å²) in [7, 11) is 1.72. The van der Waals surface area contributed by atoms with Crippen LogP contribution in [0.15, 0.2) is 29.2 Å². The van der Waals surface area contributed by atoms with Crippen LogP contribution >= 0.6 is 11.8 Å². The highest BCUT2D eigenvalue weighted by molar-refractivity contribution is 8.03. The van der Waals surface area contributed by atoms with Crippen molar-refractivity contribution < 1.29 is 14.3 Å². The van der Waals surface area contributed by atoms with Gasteiger partial charge in [0.25, 0.3) is 5.91 Å². The summed E-state index contributed by atoms with van der Waals surface area (Å²) in [6.07, 6.45) is 0.166. The molecule has 1 aromatic carbocycles. The van der Waals surface area contributed by atoms with Gasteiger partial charge in [-0.1, -0.05) is 0 Å². The number of nitriles is 1. The van der Waals surface area contributed by atoms with Crippen molar-refractivity contribution in [2.75, 3.05) is 11.9 Å². The Kier molecular flexibility index (Phi) is 5.84. The minimum atomic E-state index is -0.581. The Labute approximate surface area is 173 Å². The number of hydrogen-bond acceptors (Lipinski definition) is 6. The Balaban J connectivity index is 1.78. The third kappa shape index (κ3) is 4.90. The third-order valence-electron chi connectivity index (χ3n) is 4.34. The van der Waals surface area contributed by atoms with E-state index in [4.69, 9.17) is 10.00 Å².